The Bertz CT molecular complexity index is 629. The number of carbonyl (C=O) groups excluding carboxylic acids is 1. The molecular weight excluding hydrogens is 272 g/mol. The molecule has 0 spiro atoms. The lowest BCUT2D eigenvalue weighted by Gasteiger charge is -2.09. The van der Waals surface area contributed by atoms with Gasteiger partial charge in [0, 0.05) is 5.69 Å². The number of amides is 2. The molecule has 108 valence electrons. The van der Waals surface area contributed by atoms with Gasteiger partial charge in [0.05, 0.1) is 5.56 Å². The van der Waals surface area contributed by atoms with Crippen molar-refractivity contribution >= 4 is 17.7 Å². The van der Waals surface area contributed by atoms with Gasteiger partial charge in [0.1, 0.15) is 5.75 Å². The Balaban J connectivity index is 1.82. The van der Waals surface area contributed by atoms with Crippen molar-refractivity contribution in [3.8, 4) is 5.75 Å². The minimum absolute atomic E-state index is 0.00840. The molecule has 0 aliphatic rings. The molecule has 0 radical (unpaired) electrons. The molecule has 21 heavy (non-hydrogen) atoms. The molecule has 0 bridgehead atoms. The summed E-state index contributed by atoms with van der Waals surface area (Å²) in [5.41, 5.74) is 0.500. The number of urea groups is 1. The molecule has 2 aromatic rings. The number of rotatable bonds is 5. The van der Waals surface area contributed by atoms with Crippen LogP contribution in [0.3, 0.4) is 0 Å². The zero-order valence-corrected chi connectivity index (χ0v) is 11.1. The molecule has 0 aromatic heterocycles. The van der Waals surface area contributed by atoms with Gasteiger partial charge in [-0.3, -0.25) is 0 Å². The zero-order valence-electron chi connectivity index (χ0n) is 11.1. The topological polar surface area (TPSA) is 87.7 Å². The van der Waals surface area contributed by atoms with E-state index in [1.165, 1.54) is 12.1 Å². The van der Waals surface area contributed by atoms with E-state index in [0.717, 1.165) is 0 Å². The molecule has 0 atom stereocenters. The molecule has 2 aromatic carbocycles. The summed E-state index contributed by atoms with van der Waals surface area (Å²) in [6, 6.07) is 14.6. The lowest BCUT2D eigenvalue weighted by atomic mass is 10.2. The first-order chi connectivity index (χ1) is 10.1. The van der Waals surface area contributed by atoms with Crippen LogP contribution in [-0.4, -0.2) is 23.8 Å². The Labute approximate surface area is 121 Å². The Kier molecular flexibility index (Phi) is 4.76. The molecule has 0 fully saturated rings. The predicted octanol–water partition coefficient (Wildman–Crippen LogP) is 2.54. The summed E-state index contributed by atoms with van der Waals surface area (Å²) in [5.74, 6) is -0.405. The number of para-hydroxylation sites is 1. The highest BCUT2D eigenvalue weighted by Gasteiger charge is 2.05. The summed E-state index contributed by atoms with van der Waals surface area (Å²) in [4.78, 5) is 22.5. The van der Waals surface area contributed by atoms with Crippen LogP contribution >= 0.6 is 0 Å². The van der Waals surface area contributed by atoms with Crippen LogP contribution in [0.4, 0.5) is 10.5 Å². The number of carboxylic acid groups (broad SMARTS) is 1. The van der Waals surface area contributed by atoms with E-state index < -0.39 is 12.0 Å². The fourth-order valence-electron chi connectivity index (χ4n) is 1.61. The molecule has 3 N–H and O–H groups in total. The Morgan fingerprint density at radius 3 is 2.52 bits per heavy atom. The summed E-state index contributed by atoms with van der Waals surface area (Å²) >= 11 is 0. The average molecular weight is 286 g/mol. The van der Waals surface area contributed by atoms with Crippen molar-refractivity contribution in [2.24, 2.45) is 0 Å². The van der Waals surface area contributed by atoms with Crippen LogP contribution in [0.1, 0.15) is 10.4 Å². The molecule has 2 rings (SSSR count). The van der Waals surface area contributed by atoms with Crippen LogP contribution in [0, 0.1) is 0 Å². The first-order valence-corrected chi connectivity index (χ1v) is 6.21. The van der Waals surface area contributed by atoms with Gasteiger partial charge in [-0.2, -0.15) is 0 Å². The van der Waals surface area contributed by atoms with Crippen LogP contribution in [-0.2, 0) is 0 Å². The number of benzene rings is 2. The van der Waals surface area contributed by atoms with Crippen LogP contribution in [0.2, 0.25) is 0 Å². The number of anilines is 1. The van der Waals surface area contributed by atoms with Crippen molar-refractivity contribution in [1.29, 1.82) is 0 Å². The fourth-order valence-corrected chi connectivity index (χ4v) is 1.61. The molecule has 0 aliphatic heterocycles. The van der Waals surface area contributed by atoms with Crippen molar-refractivity contribution in [1.82, 2.24) is 5.32 Å². The summed E-state index contributed by atoms with van der Waals surface area (Å²) in [5, 5.41) is 13.9. The fraction of sp³-hybridized carbons (Fsp3) is 0.0667. The monoisotopic (exact) mass is 286 g/mol. The van der Waals surface area contributed by atoms with Gasteiger partial charge in [-0.15, -0.1) is 0 Å². The molecular formula is C15H14N2O4. The Hall–Kier alpha value is -3.02. The van der Waals surface area contributed by atoms with Gasteiger partial charge < -0.3 is 20.5 Å². The summed E-state index contributed by atoms with van der Waals surface area (Å²) < 4.78 is 5.31. The second-order valence-electron chi connectivity index (χ2n) is 4.12. The Morgan fingerprint density at radius 1 is 1.05 bits per heavy atom. The lowest BCUT2D eigenvalue weighted by Crippen LogP contribution is -2.32. The SMILES string of the molecule is O=C(NCOc1ccccc1)Nc1cccc(C(=O)O)c1. The standard InChI is InChI=1S/C15H14N2O4/c18-14(19)11-5-4-6-12(9-11)17-15(20)16-10-21-13-7-2-1-3-8-13/h1-9H,10H2,(H,18,19)(H2,16,17,20). The summed E-state index contributed by atoms with van der Waals surface area (Å²) in [7, 11) is 0. The number of carbonyl (C=O) groups is 2. The molecule has 6 heteroatoms. The number of nitrogens with one attached hydrogen (secondary N) is 2. The lowest BCUT2D eigenvalue weighted by molar-refractivity contribution is 0.0697. The number of ether oxygens (including phenoxy) is 1. The van der Waals surface area contributed by atoms with Gasteiger partial charge >= 0.3 is 12.0 Å². The van der Waals surface area contributed by atoms with E-state index in [1.54, 1.807) is 24.3 Å². The Morgan fingerprint density at radius 2 is 1.81 bits per heavy atom. The van der Waals surface area contributed by atoms with E-state index in [0.29, 0.717) is 11.4 Å². The zero-order chi connectivity index (χ0) is 15.1. The molecule has 2 amide bonds. The van der Waals surface area contributed by atoms with Gasteiger partial charge in [0.25, 0.3) is 0 Å². The molecule has 0 heterocycles. The van der Waals surface area contributed by atoms with E-state index in [4.69, 9.17) is 9.84 Å². The number of carboxylic acids is 1. The minimum atomic E-state index is -1.05. The molecule has 0 aliphatic carbocycles. The first-order valence-electron chi connectivity index (χ1n) is 6.21. The smallest absolute Gasteiger partial charge is 0.335 e. The van der Waals surface area contributed by atoms with Crippen molar-refractivity contribution in [2.75, 3.05) is 12.0 Å². The van der Waals surface area contributed by atoms with Crippen LogP contribution in [0.5, 0.6) is 5.75 Å². The van der Waals surface area contributed by atoms with Crippen molar-refractivity contribution in [3.05, 3.63) is 60.2 Å². The third kappa shape index (κ3) is 4.54. The van der Waals surface area contributed by atoms with Gasteiger partial charge in [-0.05, 0) is 30.3 Å². The molecule has 0 saturated carbocycles. The van der Waals surface area contributed by atoms with E-state index in [9.17, 15) is 9.59 Å². The van der Waals surface area contributed by atoms with Crippen molar-refractivity contribution in [2.45, 2.75) is 0 Å². The van der Waals surface area contributed by atoms with E-state index in [-0.39, 0.29) is 12.3 Å². The van der Waals surface area contributed by atoms with Gasteiger partial charge in [-0.25, -0.2) is 9.59 Å². The summed E-state index contributed by atoms with van der Waals surface area (Å²) in [6.07, 6.45) is 0. The maximum Gasteiger partial charge on any atom is 0.335 e. The third-order valence-electron chi connectivity index (χ3n) is 2.58. The van der Waals surface area contributed by atoms with Gasteiger partial charge in [0.15, 0.2) is 6.73 Å². The maximum atomic E-state index is 11.6. The van der Waals surface area contributed by atoms with Crippen molar-refractivity contribution < 1.29 is 19.4 Å². The van der Waals surface area contributed by atoms with E-state index >= 15 is 0 Å². The van der Waals surface area contributed by atoms with E-state index in [1.807, 2.05) is 18.2 Å². The first kappa shape index (κ1) is 14.4. The van der Waals surface area contributed by atoms with Crippen LogP contribution in [0.25, 0.3) is 0 Å². The molecule has 0 saturated heterocycles. The highest BCUT2D eigenvalue weighted by atomic mass is 16.5. The second kappa shape index (κ2) is 6.95. The molecule has 0 unspecified atom stereocenters. The average Bonchev–Trinajstić information content (AvgIpc) is 2.48. The second-order valence-corrected chi connectivity index (χ2v) is 4.12. The normalized spacial score (nSPS) is 9.71. The highest BCUT2D eigenvalue weighted by molar-refractivity contribution is 5.93. The van der Waals surface area contributed by atoms with Gasteiger partial charge in [-0.1, -0.05) is 24.3 Å². The number of hydrogen-bond acceptors (Lipinski definition) is 3. The summed E-state index contributed by atoms with van der Waals surface area (Å²) in [6.45, 7) is 0.00840. The van der Waals surface area contributed by atoms with Gasteiger partial charge in [0.2, 0.25) is 0 Å². The van der Waals surface area contributed by atoms with Crippen LogP contribution in [0.15, 0.2) is 54.6 Å². The third-order valence-corrected chi connectivity index (χ3v) is 2.58. The highest BCUT2D eigenvalue weighted by Crippen LogP contribution is 2.10. The number of aromatic carboxylic acids is 1. The van der Waals surface area contributed by atoms with Crippen molar-refractivity contribution in [3.63, 3.8) is 0 Å². The minimum Gasteiger partial charge on any atom is -0.478 e. The predicted molar refractivity (Wildman–Crippen MR) is 77.5 cm³/mol. The maximum absolute atomic E-state index is 11.6. The van der Waals surface area contributed by atoms with Crippen LogP contribution < -0.4 is 15.4 Å². The van der Waals surface area contributed by atoms with E-state index in [2.05, 4.69) is 10.6 Å². The number of hydrogen-bond donors (Lipinski definition) is 3. The molecule has 6 nitrogen and oxygen atoms in total. The largest absolute Gasteiger partial charge is 0.478 e. The quantitative estimate of drug-likeness (QED) is 0.737.